The SMILES string of the molecule is CCCCCCCCCCCCC(C)CCCCCCCCCCCCCC(C)CCCCCCCCCC. The molecule has 0 heterocycles. The van der Waals surface area contributed by atoms with E-state index >= 15 is 0 Å². The first-order valence-electron chi connectivity index (χ1n) is 19.2. The Labute approximate surface area is 251 Å². The zero-order chi connectivity index (χ0) is 28.5. The van der Waals surface area contributed by atoms with Gasteiger partial charge in [-0.15, -0.1) is 0 Å². The van der Waals surface area contributed by atoms with Gasteiger partial charge in [-0.1, -0.05) is 240 Å². The Morgan fingerprint density at radius 1 is 0.231 bits per heavy atom. The Bertz CT molecular complexity index is 412. The van der Waals surface area contributed by atoms with Gasteiger partial charge in [0, 0.05) is 0 Å². The first-order chi connectivity index (χ1) is 19.2. The van der Waals surface area contributed by atoms with Gasteiger partial charge in [-0.3, -0.25) is 0 Å². The quantitative estimate of drug-likeness (QED) is 0.0701. The molecule has 0 aliphatic rings. The van der Waals surface area contributed by atoms with Gasteiger partial charge in [0.25, 0.3) is 0 Å². The summed E-state index contributed by atoms with van der Waals surface area (Å²) in [5.41, 5.74) is 0. The number of rotatable bonds is 34. The van der Waals surface area contributed by atoms with E-state index < -0.39 is 0 Å². The topological polar surface area (TPSA) is 0 Å². The van der Waals surface area contributed by atoms with Crippen LogP contribution in [0.2, 0.25) is 0 Å². The van der Waals surface area contributed by atoms with Crippen LogP contribution < -0.4 is 0 Å². The van der Waals surface area contributed by atoms with Crippen LogP contribution in [0.1, 0.15) is 240 Å². The van der Waals surface area contributed by atoms with Crippen molar-refractivity contribution < 1.29 is 0 Å². The molecule has 0 aromatic rings. The van der Waals surface area contributed by atoms with Gasteiger partial charge in [-0.2, -0.15) is 0 Å². The molecule has 0 fully saturated rings. The molecule has 0 spiro atoms. The van der Waals surface area contributed by atoms with E-state index in [0.29, 0.717) is 0 Å². The third kappa shape index (κ3) is 34.1. The van der Waals surface area contributed by atoms with Crippen LogP contribution in [-0.4, -0.2) is 0 Å². The predicted molar refractivity (Wildman–Crippen MR) is 182 cm³/mol. The summed E-state index contributed by atoms with van der Waals surface area (Å²) in [6.45, 7) is 9.63. The summed E-state index contributed by atoms with van der Waals surface area (Å²) >= 11 is 0. The van der Waals surface area contributed by atoms with Crippen molar-refractivity contribution in [2.24, 2.45) is 11.8 Å². The fourth-order valence-corrected chi connectivity index (χ4v) is 6.47. The van der Waals surface area contributed by atoms with Gasteiger partial charge in [0.1, 0.15) is 0 Å². The number of hydrogen-bond acceptors (Lipinski definition) is 0. The van der Waals surface area contributed by atoms with E-state index in [-0.39, 0.29) is 0 Å². The maximum absolute atomic E-state index is 2.51. The summed E-state index contributed by atoms with van der Waals surface area (Å²) in [5.74, 6) is 1.93. The molecule has 0 rings (SSSR count). The number of hydrogen-bond donors (Lipinski definition) is 0. The number of unbranched alkanes of at least 4 members (excludes halogenated alkanes) is 26. The normalized spacial score (nSPS) is 13.2. The lowest BCUT2D eigenvalue weighted by molar-refractivity contribution is 0.427. The van der Waals surface area contributed by atoms with E-state index in [2.05, 4.69) is 27.7 Å². The minimum absolute atomic E-state index is 0.965. The average molecular weight is 549 g/mol. The summed E-state index contributed by atoms with van der Waals surface area (Å²) in [7, 11) is 0. The molecular weight excluding hydrogens is 468 g/mol. The van der Waals surface area contributed by atoms with Crippen molar-refractivity contribution in [3.05, 3.63) is 0 Å². The van der Waals surface area contributed by atoms with Gasteiger partial charge in [-0.05, 0) is 11.8 Å². The fourth-order valence-electron chi connectivity index (χ4n) is 6.47. The summed E-state index contributed by atoms with van der Waals surface area (Å²) < 4.78 is 0. The van der Waals surface area contributed by atoms with Crippen molar-refractivity contribution in [1.82, 2.24) is 0 Å². The van der Waals surface area contributed by atoms with Crippen LogP contribution in [0.3, 0.4) is 0 Å². The fraction of sp³-hybridized carbons (Fsp3) is 1.00. The van der Waals surface area contributed by atoms with E-state index in [4.69, 9.17) is 0 Å². The maximum atomic E-state index is 2.51. The molecule has 2 atom stereocenters. The van der Waals surface area contributed by atoms with Gasteiger partial charge in [0.15, 0.2) is 0 Å². The molecule has 0 saturated heterocycles. The Kier molecular flexibility index (Phi) is 34.2. The first-order valence-corrected chi connectivity index (χ1v) is 19.2. The molecule has 0 saturated carbocycles. The van der Waals surface area contributed by atoms with Crippen molar-refractivity contribution in [1.29, 1.82) is 0 Å². The Hall–Kier alpha value is 0. The standard InChI is InChI=1S/C39H80/c1-5-7-9-11-13-15-19-23-27-31-35-39(4)37-33-29-25-21-18-16-17-20-24-28-32-36-38(3)34-30-26-22-14-12-10-8-6-2/h38-39H,5-37H2,1-4H3. The Morgan fingerprint density at radius 2 is 0.385 bits per heavy atom. The molecule has 0 aliphatic heterocycles. The molecule has 0 aliphatic carbocycles. The molecule has 2 unspecified atom stereocenters. The smallest absolute Gasteiger partial charge is 0.0443 e. The summed E-state index contributed by atoms with van der Waals surface area (Å²) in [5, 5.41) is 0. The molecule has 0 nitrogen and oxygen atoms in total. The highest BCUT2D eigenvalue weighted by molar-refractivity contribution is 4.58. The van der Waals surface area contributed by atoms with E-state index in [9.17, 15) is 0 Å². The lowest BCUT2D eigenvalue weighted by Gasteiger charge is -2.11. The lowest BCUT2D eigenvalue weighted by Crippen LogP contribution is -1.95. The van der Waals surface area contributed by atoms with Crippen molar-refractivity contribution in [3.63, 3.8) is 0 Å². The molecule has 0 amide bonds. The highest BCUT2D eigenvalue weighted by Crippen LogP contribution is 2.21. The maximum Gasteiger partial charge on any atom is -0.0443 e. The van der Waals surface area contributed by atoms with Crippen LogP contribution in [0, 0.1) is 11.8 Å². The largest absolute Gasteiger partial charge is 0.0654 e. The highest BCUT2D eigenvalue weighted by Gasteiger charge is 2.04. The van der Waals surface area contributed by atoms with Crippen LogP contribution in [0.25, 0.3) is 0 Å². The minimum Gasteiger partial charge on any atom is -0.0654 e. The van der Waals surface area contributed by atoms with Gasteiger partial charge in [0.2, 0.25) is 0 Å². The second kappa shape index (κ2) is 34.2. The molecule has 0 radical (unpaired) electrons. The Morgan fingerprint density at radius 3 is 0.564 bits per heavy atom. The predicted octanol–water partition coefficient (Wildman–Crippen LogP) is 15.2. The van der Waals surface area contributed by atoms with Gasteiger partial charge in [-0.25, -0.2) is 0 Å². The first kappa shape index (κ1) is 39.0. The van der Waals surface area contributed by atoms with E-state index in [1.807, 2.05) is 0 Å². The molecule has 39 heavy (non-hydrogen) atoms. The second-order valence-corrected chi connectivity index (χ2v) is 13.9. The van der Waals surface area contributed by atoms with E-state index in [1.165, 1.54) is 212 Å². The molecule has 0 N–H and O–H groups in total. The molecule has 0 aromatic carbocycles. The monoisotopic (exact) mass is 549 g/mol. The van der Waals surface area contributed by atoms with E-state index in [0.717, 1.165) is 11.8 Å². The van der Waals surface area contributed by atoms with Crippen LogP contribution in [-0.2, 0) is 0 Å². The summed E-state index contributed by atoms with van der Waals surface area (Å²) in [6, 6.07) is 0. The third-order valence-corrected chi connectivity index (χ3v) is 9.49. The molecule has 0 bridgehead atoms. The van der Waals surface area contributed by atoms with Crippen molar-refractivity contribution in [3.8, 4) is 0 Å². The van der Waals surface area contributed by atoms with Crippen molar-refractivity contribution in [2.45, 2.75) is 240 Å². The van der Waals surface area contributed by atoms with E-state index in [1.54, 1.807) is 0 Å². The third-order valence-electron chi connectivity index (χ3n) is 9.49. The van der Waals surface area contributed by atoms with Crippen LogP contribution in [0.5, 0.6) is 0 Å². The van der Waals surface area contributed by atoms with Crippen LogP contribution >= 0.6 is 0 Å². The summed E-state index contributed by atoms with van der Waals surface area (Å²) in [4.78, 5) is 0. The van der Waals surface area contributed by atoms with Gasteiger partial charge >= 0.3 is 0 Å². The second-order valence-electron chi connectivity index (χ2n) is 13.9. The molecular formula is C39H80. The van der Waals surface area contributed by atoms with Crippen molar-refractivity contribution >= 4 is 0 Å². The summed E-state index contributed by atoms with van der Waals surface area (Å²) in [6.07, 6.45) is 48.6. The van der Waals surface area contributed by atoms with Crippen LogP contribution in [0.15, 0.2) is 0 Å². The lowest BCUT2D eigenvalue weighted by atomic mass is 9.95. The molecule has 0 heteroatoms. The van der Waals surface area contributed by atoms with Crippen LogP contribution in [0.4, 0.5) is 0 Å². The Balaban J connectivity index is 3.20. The van der Waals surface area contributed by atoms with Gasteiger partial charge in [0.05, 0.1) is 0 Å². The zero-order valence-corrected chi connectivity index (χ0v) is 28.5. The molecule has 236 valence electrons. The highest BCUT2D eigenvalue weighted by atomic mass is 14.1. The zero-order valence-electron chi connectivity index (χ0n) is 28.5. The molecule has 0 aromatic heterocycles. The van der Waals surface area contributed by atoms with Crippen molar-refractivity contribution in [2.75, 3.05) is 0 Å². The minimum atomic E-state index is 0.965. The van der Waals surface area contributed by atoms with Gasteiger partial charge < -0.3 is 0 Å². The average Bonchev–Trinajstić information content (AvgIpc) is 2.93.